The van der Waals surface area contributed by atoms with E-state index in [0.717, 1.165) is 30.2 Å². The molecular formula is C25H24ClN5O3S. The highest BCUT2D eigenvalue weighted by Crippen LogP contribution is 2.24. The number of amides is 2. The highest BCUT2D eigenvalue weighted by Gasteiger charge is 2.18. The molecule has 0 spiro atoms. The zero-order valence-electron chi connectivity index (χ0n) is 19.0. The van der Waals surface area contributed by atoms with Gasteiger partial charge in [-0.1, -0.05) is 23.7 Å². The molecule has 1 saturated heterocycles. The Morgan fingerprint density at radius 2 is 1.71 bits per heavy atom. The lowest BCUT2D eigenvalue weighted by Gasteiger charge is -2.28. The number of pyridine rings is 1. The normalized spacial score (nSPS) is 13.1. The van der Waals surface area contributed by atoms with Crippen molar-refractivity contribution in [2.24, 2.45) is 0 Å². The number of rotatable bonds is 6. The molecule has 2 amide bonds. The van der Waals surface area contributed by atoms with Crippen LogP contribution in [-0.2, 0) is 0 Å². The Kier molecular flexibility index (Phi) is 7.89. The largest absolute Gasteiger partial charge is 0.497 e. The van der Waals surface area contributed by atoms with Crippen molar-refractivity contribution in [2.45, 2.75) is 0 Å². The molecule has 1 aliphatic heterocycles. The van der Waals surface area contributed by atoms with Crippen LogP contribution in [0.2, 0.25) is 5.02 Å². The molecule has 2 aromatic carbocycles. The second-order valence-electron chi connectivity index (χ2n) is 7.71. The average molecular weight is 510 g/mol. The summed E-state index contributed by atoms with van der Waals surface area (Å²) in [6.07, 6.45) is 1.43. The molecule has 3 aromatic rings. The van der Waals surface area contributed by atoms with E-state index in [0.29, 0.717) is 33.7 Å². The summed E-state index contributed by atoms with van der Waals surface area (Å²) in [6.45, 7) is 1.69. The number of carbonyl (C=O) groups is 2. The van der Waals surface area contributed by atoms with Gasteiger partial charge in [-0.3, -0.25) is 15.0 Å². The Labute approximate surface area is 212 Å². The number of anilines is 2. The molecule has 0 unspecified atom stereocenters. The molecule has 8 nitrogen and oxygen atoms in total. The van der Waals surface area contributed by atoms with Crippen LogP contribution in [0, 0.1) is 5.41 Å². The number of carbonyl (C=O) groups excluding carboxylic acids is 2. The van der Waals surface area contributed by atoms with Crippen LogP contribution in [0.5, 0.6) is 5.75 Å². The number of thioether (sulfide) groups is 1. The summed E-state index contributed by atoms with van der Waals surface area (Å²) in [5, 5.41) is 14.4. The number of halogens is 1. The molecule has 35 heavy (non-hydrogen) atoms. The van der Waals surface area contributed by atoms with Crippen LogP contribution in [0.15, 0.2) is 60.8 Å². The highest BCUT2D eigenvalue weighted by atomic mass is 35.5. The van der Waals surface area contributed by atoms with Crippen molar-refractivity contribution in [1.29, 1.82) is 5.41 Å². The van der Waals surface area contributed by atoms with E-state index in [4.69, 9.17) is 21.7 Å². The van der Waals surface area contributed by atoms with Gasteiger partial charge in [0.15, 0.2) is 0 Å². The summed E-state index contributed by atoms with van der Waals surface area (Å²) < 4.78 is 5.25. The Morgan fingerprint density at radius 3 is 2.37 bits per heavy atom. The van der Waals surface area contributed by atoms with E-state index in [2.05, 4.69) is 15.6 Å². The van der Waals surface area contributed by atoms with Crippen LogP contribution in [0.4, 0.5) is 11.5 Å². The summed E-state index contributed by atoms with van der Waals surface area (Å²) in [5.74, 6) is 2.44. The smallest absolute Gasteiger partial charge is 0.259 e. The van der Waals surface area contributed by atoms with E-state index in [-0.39, 0.29) is 11.5 Å². The zero-order chi connectivity index (χ0) is 24.8. The van der Waals surface area contributed by atoms with E-state index in [1.807, 2.05) is 16.7 Å². The predicted molar refractivity (Wildman–Crippen MR) is 140 cm³/mol. The lowest BCUT2D eigenvalue weighted by atomic mass is 10.1. The molecule has 10 heteroatoms. The Balaban J connectivity index is 1.49. The Bertz CT molecular complexity index is 1230. The van der Waals surface area contributed by atoms with Crippen molar-refractivity contribution in [3.63, 3.8) is 0 Å². The van der Waals surface area contributed by atoms with Gasteiger partial charge in [0.05, 0.1) is 23.4 Å². The number of methoxy groups -OCH3 is 1. The van der Waals surface area contributed by atoms with Crippen LogP contribution in [0.1, 0.15) is 26.3 Å². The highest BCUT2D eigenvalue weighted by molar-refractivity contribution is 7.99. The zero-order valence-corrected chi connectivity index (χ0v) is 20.6. The number of benzene rings is 2. The minimum Gasteiger partial charge on any atom is -0.497 e. The van der Waals surface area contributed by atoms with Gasteiger partial charge in [-0.25, -0.2) is 4.98 Å². The molecule has 1 aliphatic rings. The topological polar surface area (TPSA) is 107 Å². The van der Waals surface area contributed by atoms with Crippen LogP contribution >= 0.6 is 23.4 Å². The summed E-state index contributed by atoms with van der Waals surface area (Å²) >= 11 is 7.75. The van der Waals surface area contributed by atoms with Gasteiger partial charge < -0.3 is 20.3 Å². The van der Waals surface area contributed by atoms with Gasteiger partial charge in [0.1, 0.15) is 17.4 Å². The van der Waals surface area contributed by atoms with Crippen LogP contribution in [0.25, 0.3) is 0 Å². The third kappa shape index (κ3) is 6.12. The van der Waals surface area contributed by atoms with E-state index in [1.165, 1.54) is 13.3 Å². The van der Waals surface area contributed by atoms with Crippen molar-refractivity contribution in [1.82, 2.24) is 9.88 Å². The molecule has 4 rings (SSSR count). The third-order valence-electron chi connectivity index (χ3n) is 5.44. The number of nitrogens with zero attached hydrogens (tertiary/aromatic N) is 2. The number of ether oxygens (including phenoxy) is 1. The second kappa shape index (κ2) is 11.2. The molecule has 0 atom stereocenters. The first-order valence-electron chi connectivity index (χ1n) is 10.9. The first kappa shape index (κ1) is 24.6. The van der Waals surface area contributed by atoms with E-state index in [9.17, 15) is 9.59 Å². The predicted octanol–water partition coefficient (Wildman–Crippen LogP) is 4.62. The first-order chi connectivity index (χ1) is 16.9. The lowest BCUT2D eigenvalue weighted by molar-refractivity contribution is 0.102. The quantitative estimate of drug-likeness (QED) is 0.330. The SMILES string of the molecule is COc1ccc(NC(=O)c2ccc(C(=N)N3CCSCC3)cc2)c(C(=O)Nc2ccc(Cl)cn2)c1. The van der Waals surface area contributed by atoms with Gasteiger partial charge in [-0.15, -0.1) is 0 Å². The monoisotopic (exact) mass is 509 g/mol. The maximum atomic E-state index is 13.0. The van der Waals surface area contributed by atoms with Gasteiger partial charge in [0.2, 0.25) is 0 Å². The Hall–Kier alpha value is -3.56. The summed E-state index contributed by atoms with van der Waals surface area (Å²) in [6, 6.07) is 14.9. The molecule has 3 N–H and O–H groups in total. The lowest BCUT2D eigenvalue weighted by Crippen LogP contribution is -2.37. The molecular weight excluding hydrogens is 486 g/mol. The molecule has 180 valence electrons. The van der Waals surface area contributed by atoms with E-state index >= 15 is 0 Å². The minimum absolute atomic E-state index is 0.218. The standard InChI is InChI=1S/C25H24ClN5O3S/c1-34-19-7-8-21(20(14-19)25(33)30-22-9-6-18(26)15-28-22)29-24(32)17-4-2-16(3-5-17)23(27)31-10-12-35-13-11-31/h2-9,14-15,27H,10-13H2,1H3,(H,29,32)(H,28,30,33). The van der Waals surface area contributed by atoms with Crippen LogP contribution in [0.3, 0.4) is 0 Å². The molecule has 0 aliphatic carbocycles. The summed E-state index contributed by atoms with van der Waals surface area (Å²) in [5.41, 5.74) is 1.71. The Morgan fingerprint density at radius 1 is 1.00 bits per heavy atom. The van der Waals surface area contributed by atoms with Crippen molar-refractivity contribution >= 4 is 52.5 Å². The van der Waals surface area contributed by atoms with Crippen molar-refractivity contribution in [3.8, 4) is 5.75 Å². The number of hydrogen-bond acceptors (Lipinski definition) is 6. The number of nitrogens with one attached hydrogen (secondary N) is 3. The number of aromatic nitrogens is 1. The number of hydrogen-bond donors (Lipinski definition) is 3. The van der Waals surface area contributed by atoms with Gasteiger partial charge in [0.25, 0.3) is 11.8 Å². The van der Waals surface area contributed by atoms with Crippen molar-refractivity contribution in [3.05, 3.63) is 82.5 Å². The van der Waals surface area contributed by atoms with Gasteiger partial charge in [0, 0.05) is 41.9 Å². The molecule has 0 saturated carbocycles. The maximum absolute atomic E-state index is 13.0. The molecule has 1 aromatic heterocycles. The van der Waals surface area contributed by atoms with Gasteiger partial charge in [-0.2, -0.15) is 11.8 Å². The fourth-order valence-corrected chi connectivity index (χ4v) is 4.54. The third-order valence-corrected chi connectivity index (χ3v) is 6.60. The average Bonchev–Trinajstić information content (AvgIpc) is 2.90. The molecule has 0 bridgehead atoms. The van der Waals surface area contributed by atoms with Gasteiger partial charge in [-0.05, 0) is 42.5 Å². The fourth-order valence-electron chi connectivity index (χ4n) is 3.52. The van der Waals surface area contributed by atoms with Crippen LogP contribution in [-0.4, -0.2) is 59.2 Å². The molecule has 0 radical (unpaired) electrons. The van der Waals surface area contributed by atoms with Crippen molar-refractivity contribution < 1.29 is 14.3 Å². The molecule has 1 fully saturated rings. The van der Waals surface area contributed by atoms with Gasteiger partial charge >= 0.3 is 0 Å². The second-order valence-corrected chi connectivity index (χ2v) is 9.37. The van der Waals surface area contributed by atoms with Crippen molar-refractivity contribution in [2.75, 3.05) is 42.3 Å². The fraction of sp³-hybridized carbons (Fsp3) is 0.200. The van der Waals surface area contributed by atoms with E-state index < -0.39 is 5.91 Å². The maximum Gasteiger partial charge on any atom is 0.259 e. The minimum atomic E-state index is -0.461. The summed E-state index contributed by atoms with van der Waals surface area (Å²) in [7, 11) is 1.50. The number of amidine groups is 1. The van der Waals surface area contributed by atoms with E-state index in [1.54, 1.807) is 54.6 Å². The summed E-state index contributed by atoms with van der Waals surface area (Å²) in [4.78, 5) is 32.0. The first-order valence-corrected chi connectivity index (χ1v) is 12.4. The van der Waals surface area contributed by atoms with Crippen LogP contribution < -0.4 is 15.4 Å². The molecule has 2 heterocycles.